The van der Waals surface area contributed by atoms with E-state index in [9.17, 15) is 0 Å². The summed E-state index contributed by atoms with van der Waals surface area (Å²) in [4.78, 5) is 25.1. The second kappa shape index (κ2) is 16.6. The standard InChI is InChI=1S/3HNO3.V/c3*2-1(3)4;/h3*(H,2,3,4);. The van der Waals surface area contributed by atoms with Gasteiger partial charge >= 0.3 is 0 Å². The Hall–Kier alpha value is -1.82. The molecule has 13 heteroatoms. The number of nitrogens with zero attached hydrogens (tertiary/aromatic N) is 3. The van der Waals surface area contributed by atoms with Crippen molar-refractivity contribution in [2.75, 3.05) is 0 Å². The van der Waals surface area contributed by atoms with Crippen LogP contribution in [-0.2, 0) is 18.6 Å². The monoisotopic (exact) mass is 240 g/mol. The van der Waals surface area contributed by atoms with Gasteiger partial charge in [0.25, 0.3) is 15.3 Å². The van der Waals surface area contributed by atoms with Gasteiger partial charge in [-0.2, -0.15) is 0 Å². The maximum atomic E-state index is 8.36. The first-order valence-corrected chi connectivity index (χ1v) is 1.70. The van der Waals surface area contributed by atoms with Gasteiger partial charge in [-0.05, 0) is 0 Å². The van der Waals surface area contributed by atoms with E-state index in [1.165, 1.54) is 0 Å². The normalized spacial score (nSPS) is 5.54. The number of rotatable bonds is 0. The third kappa shape index (κ3) is 207. The fourth-order valence-electron chi connectivity index (χ4n) is 0. The van der Waals surface area contributed by atoms with E-state index >= 15 is 0 Å². The van der Waals surface area contributed by atoms with Crippen LogP contribution in [0, 0.1) is 30.3 Å². The van der Waals surface area contributed by atoms with E-state index < -0.39 is 15.3 Å². The van der Waals surface area contributed by atoms with Gasteiger partial charge < -0.3 is 15.6 Å². The van der Waals surface area contributed by atoms with E-state index in [0.29, 0.717) is 0 Å². The summed E-state index contributed by atoms with van der Waals surface area (Å²) in [6.07, 6.45) is 0. The molecule has 0 saturated carbocycles. The minimum Gasteiger partial charge on any atom is -0.328 e. The van der Waals surface area contributed by atoms with Crippen LogP contribution in [0.4, 0.5) is 0 Å². The third-order valence-corrected chi connectivity index (χ3v) is 0. The minimum absolute atomic E-state index is 0. The Morgan fingerprint density at radius 1 is 0.692 bits per heavy atom. The Labute approximate surface area is 80.6 Å². The van der Waals surface area contributed by atoms with Gasteiger partial charge in [0.1, 0.15) is 0 Å². The van der Waals surface area contributed by atoms with Crippen LogP contribution in [-0.4, -0.2) is 30.9 Å². The molecule has 0 aliphatic heterocycles. The van der Waals surface area contributed by atoms with Gasteiger partial charge in [0.05, 0.1) is 0 Å². The van der Waals surface area contributed by atoms with Crippen molar-refractivity contribution in [3.63, 3.8) is 0 Å². The van der Waals surface area contributed by atoms with Crippen molar-refractivity contribution in [2.45, 2.75) is 0 Å². The van der Waals surface area contributed by atoms with E-state index in [1.54, 1.807) is 0 Å². The Kier molecular flexibility index (Phi) is 28.8. The molecular weight excluding hydrogens is 237 g/mol. The SMILES string of the molecule is O=[N+]([O-])O.O=[N+]([O-])O.O=[N+]([O-])O.[V]. The zero-order chi connectivity index (χ0) is 10.7. The third-order valence-electron chi connectivity index (χ3n) is 0. The molecule has 0 rings (SSSR count). The van der Waals surface area contributed by atoms with Crippen LogP contribution in [0.2, 0.25) is 0 Å². The quantitative estimate of drug-likeness (QED) is 0.350. The molecule has 0 fully saturated rings. The van der Waals surface area contributed by atoms with Gasteiger partial charge in [-0.25, -0.2) is 0 Å². The van der Waals surface area contributed by atoms with Gasteiger partial charge in [-0.15, -0.1) is 30.3 Å². The molecule has 0 atom stereocenters. The Morgan fingerprint density at radius 2 is 0.692 bits per heavy atom. The molecule has 0 aromatic rings. The molecule has 1 radical (unpaired) electrons. The molecule has 12 nitrogen and oxygen atoms in total. The van der Waals surface area contributed by atoms with E-state index in [-0.39, 0.29) is 18.6 Å². The summed E-state index contributed by atoms with van der Waals surface area (Å²) in [7, 11) is 0. The summed E-state index contributed by atoms with van der Waals surface area (Å²) in [5.74, 6) is 0. The van der Waals surface area contributed by atoms with Crippen molar-refractivity contribution in [3.8, 4) is 0 Å². The number of hydrogen-bond acceptors (Lipinski definition) is 6. The summed E-state index contributed by atoms with van der Waals surface area (Å²) in [5, 5.41) is 40.9. The zero-order valence-electron chi connectivity index (χ0n) is 5.58. The Bertz CT molecular complexity index is 112. The van der Waals surface area contributed by atoms with Crippen molar-refractivity contribution in [3.05, 3.63) is 30.3 Å². The second-order valence-electron chi connectivity index (χ2n) is 0.714. The fraction of sp³-hybridized carbons (Fsp3) is 0. The molecule has 0 spiro atoms. The maximum Gasteiger partial charge on any atom is 0.291 e. The average molecular weight is 240 g/mol. The molecule has 0 aromatic heterocycles. The van der Waals surface area contributed by atoms with E-state index in [2.05, 4.69) is 0 Å². The van der Waals surface area contributed by atoms with Gasteiger partial charge in [-0.3, -0.25) is 0 Å². The first kappa shape index (κ1) is 22.5. The molecule has 0 heterocycles. The smallest absolute Gasteiger partial charge is 0.291 e. The predicted molar refractivity (Wildman–Crippen MR) is 26.3 cm³/mol. The topological polar surface area (TPSA) is 190 Å². The first-order chi connectivity index (χ1) is 5.20. The number of hydrogen-bond donors (Lipinski definition) is 3. The van der Waals surface area contributed by atoms with Gasteiger partial charge in [0, 0.05) is 18.6 Å². The van der Waals surface area contributed by atoms with Crippen molar-refractivity contribution in [1.82, 2.24) is 0 Å². The second-order valence-corrected chi connectivity index (χ2v) is 0.714. The molecule has 0 bridgehead atoms. The molecule has 77 valence electrons. The molecule has 0 unspecified atom stereocenters. The van der Waals surface area contributed by atoms with Crippen LogP contribution in [0.3, 0.4) is 0 Å². The molecule has 0 aliphatic carbocycles. The van der Waals surface area contributed by atoms with Gasteiger partial charge in [-0.1, -0.05) is 0 Å². The van der Waals surface area contributed by atoms with Crippen LogP contribution >= 0.6 is 0 Å². The summed E-state index contributed by atoms with van der Waals surface area (Å²) in [5.41, 5.74) is 0. The van der Waals surface area contributed by atoms with E-state index in [1.807, 2.05) is 0 Å². The molecular formula is H3N3O9V. The first-order valence-electron chi connectivity index (χ1n) is 1.70. The summed E-state index contributed by atoms with van der Waals surface area (Å²) >= 11 is 0. The maximum absolute atomic E-state index is 8.36. The van der Waals surface area contributed by atoms with Gasteiger partial charge in [0.15, 0.2) is 0 Å². The van der Waals surface area contributed by atoms with Crippen LogP contribution in [0.5, 0.6) is 0 Å². The largest absolute Gasteiger partial charge is 0.328 e. The average Bonchev–Trinajstić information content (AvgIpc) is 1.54. The fourth-order valence-corrected chi connectivity index (χ4v) is 0. The van der Waals surface area contributed by atoms with E-state index in [4.69, 9.17) is 46.0 Å². The summed E-state index contributed by atoms with van der Waals surface area (Å²) < 4.78 is 0. The van der Waals surface area contributed by atoms with Crippen molar-refractivity contribution < 1.29 is 49.4 Å². The van der Waals surface area contributed by atoms with Crippen molar-refractivity contribution in [2.24, 2.45) is 0 Å². The van der Waals surface area contributed by atoms with E-state index in [0.717, 1.165) is 0 Å². The van der Waals surface area contributed by atoms with Crippen molar-refractivity contribution in [1.29, 1.82) is 0 Å². The van der Waals surface area contributed by atoms with Crippen LogP contribution in [0.25, 0.3) is 0 Å². The minimum atomic E-state index is -1.50. The van der Waals surface area contributed by atoms with Gasteiger partial charge in [0.2, 0.25) is 0 Å². The zero-order valence-corrected chi connectivity index (χ0v) is 6.98. The molecule has 0 amide bonds. The molecule has 0 saturated heterocycles. The Morgan fingerprint density at radius 3 is 0.692 bits per heavy atom. The van der Waals surface area contributed by atoms with Crippen LogP contribution in [0.15, 0.2) is 0 Å². The molecule has 0 aliphatic rings. The summed E-state index contributed by atoms with van der Waals surface area (Å²) in [6.45, 7) is 0. The predicted octanol–water partition coefficient (Wildman–Crippen LogP) is -1.05. The molecule has 13 heavy (non-hydrogen) atoms. The molecule has 0 aromatic carbocycles. The van der Waals surface area contributed by atoms with Crippen LogP contribution < -0.4 is 0 Å². The Balaban J connectivity index is -0.0000000450. The van der Waals surface area contributed by atoms with Crippen molar-refractivity contribution >= 4 is 0 Å². The summed E-state index contributed by atoms with van der Waals surface area (Å²) in [6, 6.07) is 0. The van der Waals surface area contributed by atoms with Crippen LogP contribution in [0.1, 0.15) is 0 Å². The molecule has 3 N–H and O–H groups in total.